The number of nitriles is 1. The maximum atomic E-state index is 12.8. The summed E-state index contributed by atoms with van der Waals surface area (Å²) in [5.74, 6) is -0.422. The minimum Gasteiger partial charge on any atom is -0.490 e. The SMILES string of the molecule is CCOc1cc(/C=C(\C#N)C(=O)Nc2cccc(C)c2C)cc(Cl)c1OCC(=O)Nc1ccc(C)cc1. The molecule has 0 saturated heterocycles. The Balaban J connectivity index is 1.78. The van der Waals surface area contributed by atoms with Crippen LogP contribution in [-0.4, -0.2) is 25.0 Å². The number of benzene rings is 3. The molecule has 190 valence electrons. The van der Waals surface area contributed by atoms with Gasteiger partial charge < -0.3 is 20.1 Å². The van der Waals surface area contributed by atoms with Gasteiger partial charge in [-0.15, -0.1) is 0 Å². The lowest BCUT2D eigenvalue weighted by Crippen LogP contribution is -2.20. The minimum atomic E-state index is -0.543. The second-order valence-corrected chi connectivity index (χ2v) is 8.74. The first kappa shape index (κ1) is 27.3. The van der Waals surface area contributed by atoms with Gasteiger partial charge in [0.15, 0.2) is 18.1 Å². The van der Waals surface area contributed by atoms with Crippen LogP contribution in [0, 0.1) is 32.1 Å². The Morgan fingerprint density at radius 2 is 1.76 bits per heavy atom. The first-order valence-corrected chi connectivity index (χ1v) is 12.0. The van der Waals surface area contributed by atoms with Crippen LogP contribution in [0.25, 0.3) is 6.08 Å². The fraction of sp³-hybridized carbons (Fsp3) is 0.207. The zero-order valence-electron chi connectivity index (χ0n) is 21.1. The Morgan fingerprint density at radius 3 is 2.43 bits per heavy atom. The molecule has 0 aliphatic rings. The quantitative estimate of drug-likeness (QED) is 0.259. The molecule has 0 radical (unpaired) electrons. The first-order chi connectivity index (χ1) is 17.7. The summed E-state index contributed by atoms with van der Waals surface area (Å²) >= 11 is 6.46. The number of halogens is 1. The molecule has 3 aromatic carbocycles. The molecular formula is C29H28ClN3O4. The number of hydrogen-bond donors (Lipinski definition) is 2. The average molecular weight is 518 g/mol. The molecule has 2 N–H and O–H groups in total. The summed E-state index contributed by atoms with van der Waals surface area (Å²) in [6.07, 6.45) is 1.42. The van der Waals surface area contributed by atoms with Crippen LogP contribution < -0.4 is 20.1 Å². The number of anilines is 2. The smallest absolute Gasteiger partial charge is 0.266 e. The zero-order valence-corrected chi connectivity index (χ0v) is 21.9. The lowest BCUT2D eigenvalue weighted by molar-refractivity contribution is -0.118. The molecular weight excluding hydrogens is 490 g/mol. The van der Waals surface area contributed by atoms with Crippen LogP contribution in [-0.2, 0) is 9.59 Å². The third-order valence-electron chi connectivity index (χ3n) is 5.54. The van der Waals surface area contributed by atoms with Crippen LogP contribution >= 0.6 is 11.6 Å². The highest BCUT2D eigenvalue weighted by molar-refractivity contribution is 6.32. The molecule has 3 rings (SSSR count). The lowest BCUT2D eigenvalue weighted by atomic mass is 10.1. The van der Waals surface area contributed by atoms with Crippen LogP contribution in [0.1, 0.15) is 29.2 Å². The van der Waals surface area contributed by atoms with Gasteiger partial charge in [0.25, 0.3) is 11.8 Å². The summed E-state index contributed by atoms with van der Waals surface area (Å²) in [6, 6.07) is 18.0. The van der Waals surface area contributed by atoms with E-state index in [1.807, 2.05) is 51.1 Å². The van der Waals surface area contributed by atoms with Crippen molar-refractivity contribution in [3.8, 4) is 17.6 Å². The number of amides is 2. The van der Waals surface area contributed by atoms with Crippen molar-refractivity contribution in [3.63, 3.8) is 0 Å². The molecule has 0 aromatic heterocycles. The van der Waals surface area contributed by atoms with Gasteiger partial charge in [-0.3, -0.25) is 9.59 Å². The van der Waals surface area contributed by atoms with E-state index in [0.717, 1.165) is 16.7 Å². The maximum Gasteiger partial charge on any atom is 0.266 e. The zero-order chi connectivity index (χ0) is 26.9. The molecule has 0 heterocycles. The monoisotopic (exact) mass is 517 g/mol. The summed E-state index contributed by atoms with van der Waals surface area (Å²) in [5.41, 5.74) is 4.67. The number of nitrogens with zero attached hydrogens (tertiary/aromatic N) is 1. The second kappa shape index (κ2) is 12.6. The largest absolute Gasteiger partial charge is 0.490 e. The van der Waals surface area contributed by atoms with E-state index in [1.165, 1.54) is 6.08 Å². The van der Waals surface area contributed by atoms with E-state index in [-0.39, 0.29) is 34.6 Å². The average Bonchev–Trinajstić information content (AvgIpc) is 2.86. The highest BCUT2D eigenvalue weighted by Crippen LogP contribution is 2.37. The van der Waals surface area contributed by atoms with E-state index in [2.05, 4.69) is 10.6 Å². The number of ether oxygens (including phenoxy) is 2. The fourth-order valence-electron chi connectivity index (χ4n) is 3.44. The molecule has 0 spiro atoms. The molecule has 0 unspecified atom stereocenters. The Hall–Kier alpha value is -4.28. The maximum absolute atomic E-state index is 12.8. The van der Waals surface area contributed by atoms with Crippen molar-refractivity contribution in [3.05, 3.63) is 87.4 Å². The molecule has 8 heteroatoms. The van der Waals surface area contributed by atoms with Gasteiger partial charge in [0.1, 0.15) is 11.6 Å². The molecule has 0 saturated carbocycles. The van der Waals surface area contributed by atoms with Crippen LogP contribution in [0.5, 0.6) is 11.5 Å². The predicted octanol–water partition coefficient (Wildman–Crippen LogP) is 6.23. The van der Waals surface area contributed by atoms with E-state index in [0.29, 0.717) is 23.5 Å². The third kappa shape index (κ3) is 7.35. The van der Waals surface area contributed by atoms with Gasteiger partial charge in [-0.05, 0) is 80.8 Å². The highest BCUT2D eigenvalue weighted by atomic mass is 35.5. The normalized spacial score (nSPS) is 10.9. The van der Waals surface area contributed by atoms with Crippen molar-refractivity contribution < 1.29 is 19.1 Å². The second-order valence-electron chi connectivity index (χ2n) is 8.34. The molecule has 2 amide bonds. The van der Waals surface area contributed by atoms with E-state index < -0.39 is 5.91 Å². The summed E-state index contributed by atoms with van der Waals surface area (Å²) in [6.45, 7) is 7.62. The van der Waals surface area contributed by atoms with Crippen molar-refractivity contribution in [1.82, 2.24) is 0 Å². The van der Waals surface area contributed by atoms with Crippen LogP contribution in [0.3, 0.4) is 0 Å². The fourth-order valence-corrected chi connectivity index (χ4v) is 3.71. The van der Waals surface area contributed by atoms with Crippen molar-refractivity contribution in [2.45, 2.75) is 27.7 Å². The lowest BCUT2D eigenvalue weighted by Gasteiger charge is -2.15. The summed E-state index contributed by atoms with van der Waals surface area (Å²) in [7, 11) is 0. The van der Waals surface area contributed by atoms with Crippen LogP contribution in [0.2, 0.25) is 5.02 Å². The molecule has 0 atom stereocenters. The van der Waals surface area contributed by atoms with E-state index in [9.17, 15) is 14.9 Å². The Kier molecular flexibility index (Phi) is 9.31. The standard InChI is InChI=1S/C29H28ClN3O4/c1-5-36-26-15-21(13-22(16-31)29(35)33-25-8-6-7-19(3)20(25)4)14-24(30)28(26)37-17-27(34)32-23-11-9-18(2)10-12-23/h6-15H,5,17H2,1-4H3,(H,32,34)(H,33,35)/b22-13+. The van der Waals surface area contributed by atoms with Crippen molar-refractivity contribution in [1.29, 1.82) is 5.26 Å². The van der Waals surface area contributed by atoms with Crippen molar-refractivity contribution >= 4 is 40.9 Å². The number of nitrogens with one attached hydrogen (secondary N) is 2. The third-order valence-corrected chi connectivity index (χ3v) is 5.82. The Morgan fingerprint density at radius 1 is 1.03 bits per heavy atom. The minimum absolute atomic E-state index is 0.106. The van der Waals surface area contributed by atoms with Gasteiger partial charge in [-0.2, -0.15) is 5.26 Å². The van der Waals surface area contributed by atoms with Crippen LogP contribution in [0.4, 0.5) is 11.4 Å². The molecule has 3 aromatic rings. The van der Waals surface area contributed by atoms with Gasteiger partial charge >= 0.3 is 0 Å². The first-order valence-electron chi connectivity index (χ1n) is 11.7. The van der Waals surface area contributed by atoms with E-state index in [1.54, 1.807) is 37.3 Å². The van der Waals surface area contributed by atoms with Gasteiger partial charge in [0.2, 0.25) is 0 Å². The van der Waals surface area contributed by atoms with E-state index in [4.69, 9.17) is 21.1 Å². The van der Waals surface area contributed by atoms with Gasteiger partial charge in [-0.1, -0.05) is 41.4 Å². The van der Waals surface area contributed by atoms with Gasteiger partial charge in [-0.25, -0.2) is 0 Å². The highest BCUT2D eigenvalue weighted by Gasteiger charge is 2.16. The molecule has 0 fully saturated rings. The summed E-state index contributed by atoms with van der Waals surface area (Å²) in [5, 5.41) is 15.3. The number of rotatable bonds is 9. The van der Waals surface area contributed by atoms with Gasteiger partial charge in [0, 0.05) is 11.4 Å². The van der Waals surface area contributed by atoms with Crippen molar-refractivity contribution in [2.75, 3.05) is 23.8 Å². The number of carbonyl (C=O) groups is 2. The topological polar surface area (TPSA) is 100 Å². The number of hydrogen-bond acceptors (Lipinski definition) is 5. The van der Waals surface area contributed by atoms with Crippen molar-refractivity contribution in [2.24, 2.45) is 0 Å². The Bertz CT molecular complexity index is 1380. The molecule has 0 bridgehead atoms. The van der Waals surface area contributed by atoms with Gasteiger partial charge in [0.05, 0.1) is 11.6 Å². The summed E-state index contributed by atoms with van der Waals surface area (Å²) in [4.78, 5) is 25.1. The molecule has 0 aliphatic heterocycles. The summed E-state index contributed by atoms with van der Waals surface area (Å²) < 4.78 is 11.3. The number of aryl methyl sites for hydroxylation is 2. The predicted molar refractivity (Wildman–Crippen MR) is 146 cm³/mol. The Labute approximate surface area is 221 Å². The van der Waals surface area contributed by atoms with Crippen LogP contribution in [0.15, 0.2) is 60.2 Å². The molecule has 0 aliphatic carbocycles. The van der Waals surface area contributed by atoms with E-state index >= 15 is 0 Å². The number of carbonyl (C=O) groups excluding carboxylic acids is 2. The molecule has 37 heavy (non-hydrogen) atoms. The molecule has 7 nitrogen and oxygen atoms in total.